The molecule has 0 heterocycles. The van der Waals surface area contributed by atoms with Gasteiger partial charge in [-0.25, -0.2) is 0 Å². The van der Waals surface area contributed by atoms with Gasteiger partial charge < -0.3 is 4.74 Å². The largest absolute Gasteiger partial charge is 0.573 e. The Kier molecular flexibility index (Phi) is 4.73. The molecular formula is C16H9F6NO. The highest BCUT2D eigenvalue weighted by Gasteiger charge is 2.32. The molecule has 0 aromatic heterocycles. The molecule has 2 rings (SSSR count). The van der Waals surface area contributed by atoms with Crippen LogP contribution in [0.4, 0.5) is 26.3 Å². The lowest BCUT2D eigenvalue weighted by Crippen LogP contribution is -2.17. The fourth-order valence-electron chi connectivity index (χ4n) is 2.14. The van der Waals surface area contributed by atoms with Crippen molar-refractivity contribution in [1.82, 2.24) is 0 Å². The van der Waals surface area contributed by atoms with E-state index >= 15 is 0 Å². The van der Waals surface area contributed by atoms with E-state index in [2.05, 4.69) is 4.74 Å². The number of halogens is 6. The maximum Gasteiger partial charge on any atom is 0.573 e. The third kappa shape index (κ3) is 4.41. The first kappa shape index (κ1) is 17.7. The number of nitrogens with zero attached hydrogens (tertiary/aromatic N) is 1. The molecule has 0 saturated carbocycles. The molecule has 0 saturated heterocycles. The molecule has 0 aliphatic heterocycles. The predicted octanol–water partition coefficient (Wildman–Crippen LogP) is 5.34. The summed E-state index contributed by atoms with van der Waals surface area (Å²) in [5, 5.41) is 8.79. The van der Waals surface area contributed by atoms with Gasteiger partial charge in [-0.1, -0.05) is 18.2 Å². The van der Waals surface area contributed by atoms with Gasteiger partial charge in [-0.3, -0.25) is 0 Å². The van der Waals surface area contributed by atoms with Crippen molar-refractivity contribution in [3.05, 3.63) is 53.6 Å². The molecule has 0 atom stereocenters. The van der Waals surface area contributed by atoms with Crippen molar-refractivity contribution in [2.24, 2.45) is 0 Å². The van der Waals surface area contributed by atoms with Crippen LogP contribution in [0.1, 0.15) is 11.1 Å². The summed E-state index contributed by atoms with van der Waals surface area (Å²) in [5.74, 6) is -0.497. The minimum Gasteiger partial charge on any atom is -0.406 e. The van der Waals surface area contributed by atoms with Gasteiger partial charge in [-0.15, -0.1) is 13.2 Å². The van der Waals surface area contributed by atoms with Crippen LogP contribution in [0.5, 0.6) is 5.75 Å². The van der Waals surface area contributed by atoms with E-state index in [1.165, 1.54) is 12.1 Å². The lowest BCUT2D eigenvalue weighted by atomic mass is 9.95. The van der Waals surface area contributed by atoms with Crippen LogP contribution in [-0.4, -0.2) is 6.36 Å². The van der Waals surface area contributed by atoms with Crippen molar-refractivity contribution >= 4 is 0 Å². The van der Waals surface area contributed by atoms with Crippen LogP contribution in [0, 0.1) is 11.3 Å². The Labute approximate surface area is 132 Å². The van der Waals surface area contributed by atoms with E-state index in [9.17, 15) is 26.3 Å². The van der Waals surface area contributed by atoms with Crippen LogP contribution in [0.2, 0.25) is 0 Å². The van der Waals surface area contributed by atoms with Crippen LogP contribution in [0.25, 0.3) is 11.1 Å². The van der Waals surface area contributed by atoms with Crippen molar-refractivity contribution < 1.29 is 31.1 Å². The molecule has 2 aromatic carbocycles. The van der Waals surface area contributed by atoms with Gasteiger partial charge in [0.05, 0.1) is 18.1 Å². The highest BCUT2D eigenvalue weighted by atomic mass is 19.4. The third-order valence-electron chi connectivity index (χ3n) is 3.08. The number of alkyl halides is 6. The van der Waals surface area contributed by atoms with E-state index in [4.69, 9.17) is 5.26 Å². The molecule has 0 radical (unpaired) electrons. The van der Waals surface area contributed by atoms with Crippen molar-refractivity contribution in [2.75, 3.05) is 0 Å². The number of nitriles is 1. The van der Waals surface area contributed by atoms with Gasteiger partial charge in [-0.05, 0) is 41.0 Å². The zero-order chi connectivity index (χ0) is 18.0. The summed E-state index contributed by atoms with van der Waals surface area (Å²) >= 11 is 0. The second kappa shape index (κ2) is 6.43. The Balaban J connectivity index is 2.48. The highest BCUT2D eigenvalue weighted by Crippen LogP contribution is 2.35. The Bertz CT molecular complexity index is 773. The molecule has 0 bridgehead atoms. The molecule has 8 heteroatoms. The quantitative estimate of drug-likeness (QED) is 0.704. The normalized spacial score (nSPS) is 11.9. The number of hydrogen-bond acceptors (Lipinski definition) is 2. The average molecular weight is 345 g/mol. The van der Waals surface area contributed by atoms with Gasteiger partial charge in [-0.2, -0.15) is 18.4 Å². The number of benzene rings is 2. The first-order valence-corrected chi connectivity index (χ1v) is 6.53. The summed E-state index contributed by atoms with van der Waals surface area (Å²) in [7, 11) is 0. The van der Waals surface area contributed by atoms with Gasteiger partial charge in [0.25, 0.3) is 0 Å². The first-order valence-electron chi connectivity index (χ1n) is 6.53. The second-order valence-corrected chi connectivity index (χ2v) is 4.78. The monoisotopic (exact) mass is 345 g/mol. The Hall–Kier alpha value is -2.69. The second-order valence-electron chi connectivity index (χ2n) is 4.78. The SMILES string of the molecule is N#CCc1cc(C(F)(F)F)ccc1-c1cccc(OC(F)(F)F)c1. The van der Waals surface area contributed by atoms with E-state index in [0.29, 0.717) is 0 Å². The van der Waals surface area contributed by atoms with E-state index in [1.807, 2.05) is 0 Å². The number of ether oxygens (including phenoxy) is 1. The van der Waals surface area contributed by atoms with Crippen LogP contribution < -0.4 is 4.74 Å². The molecule has 2 aromatic rings. The van der Waals surface area contributed by atoms with Crippen molar-refractivity contribution in [2.45, 2.75) is 19.0 Å². The summed E-state index contributed by atoms with van der Waals surface area (Å²) in [6.07, 6.45) is -9.78. The maximum atomic E-state index is 12.8. The lowest BCUT2D eigenvalue weighted by Gasteiger charge is -2.14. The molecule has 24 heavy (non-hydrogen) atoms. The van der Waals surface area contributed by atoms with E-state index < -0.39 is 23.9 Å². The zero-order valence-electron chi connectivity index (χ0n) is 11.9. The summed E-state index contributed by atoms with van der Waals surface area (Å²) in [5.41, 5.74) is -0.413. The van der Waals surface area contributed by atoms with Crippen LogP contribution in [0.15, 0.2) is 42.5 Å². The van der Waals surface area contributed by atoms with Gasteiger partial charge in [0.2, 0.25) is 0 Å². The molecule has 0 spiro atoms. The summed E-state index contributed by atoms with van der Waals surface area (Å²) in [6, 6.07) is 9.33. The fourth-order valence-corrected chi connectivity index (χ4v) is 2.14. The molecular weight excluding hydrogens is 336 g/mol. The minimum atomic E-state index is -4.88. The standard InChI is InChI=1S/C16H9F6NO/c17-15(18,19)12-4-5-14(11(8-12)6-7-23)10-2-1-3-13(9-10)24-16(20,21)22/h1-5,8-9H,6H2. The smallest absolute Gasteiger partial charge is 0.406 e. The van der Waals surface area contributed by atoms with E-state index in [1.54, 1.807) is 6.07 Å². The molecule has 0 amide bonds. The molecule has 0 aliphatic rings. The molecule has 0 unspecified atom stereocenters. The molecule has 2 nitrogen and oxygen atoms in total. The summed E-state index contributed by atoms with van der Waals surface area (Å²) in [6.45, 7) is 0. The maximum absolute atomic E-state index is 12.8. The molecule has 0 fully saturated rings. The third-order valence-corrected chi connectivity index (χ3v) is 3.08. The Morgan fingerprint density at radius 3 is 2.25 bits per heavy atom. The Morgan fingerprint density at radius 1 is 0.958 bits per heavy atom. The summed E-state index contributed by atoms with van der Waals surface area (Å²) < 4.78 is 78.9. The van der Waals surface area contributed by atoms with Gasteiger partial charge >= 0.3 is 12.5 Å². The topological polar surface area (TPSA) is 33.0 Å². The highest BCUT2D eigenvalue weighted by molar-refractivity contribution is 5.69. The Morgan fingerprint density at radius 2 is 1.67 bits per heavy atom. The van der Waals surface area contributed by atoms with E-state index in [-0.39, 0.29) is 23.1 Å². The lowest BCUT2D eigenvalue weighted by molar-refractivity contribution is -0.274. The van der Waals surface area contributed by atoms with Crippen molar-refractivity contribution in [3.63, 3.8) is 0 Å². The minimum absolute atomic E-state index is 0.0662. The van der Waals surface area contributed by atoms with Gasteiger partial charge in [0.1, 0.15) is 5.75 Å². The predicted molar refractivity (Wildman–Crippen MR) is 72.9 cm³/mol. The number of hydrogen-bond donors (Lipinski definition) is 0. The molecule has 0 N–H and O–H groups in total. The molecule has 126 valence electrons. The summed E-state index contributed by atoms with van der Waals surface area (Å²) in [4.78, 5) is 0. The van der Waals surface area contributed by atoms with Gasteiger partial charge in [0.15, 0.2) is 0 Å². The van der Waals surface area contributed by atoms with Crippen LogP contribution >= 0.6 is 0 Å². The van der Waals surface area contributed by atoms with E-state index in [0.717, 1.165) is 30.3 Å². The fraction of sp³-hybridized carbons (Fsp3) is 0.188. The van der Waals surface area contributed by atoms with Crippen molar-refractivity contribution in [1.29, 1.82) is 5.26 Å². The van der Waals surface area contributed by atoms with Crippen molar-refractivity contribution in [3.8, 4) is 22.9 Å². The number of rotatable bonds is 3. The van der Waals surface area contributed by atoms with Crippen LogP contribution in [-0.2, 0) is 12.6 Å². The first-order chi connectivity index (χ1) is 11.1. The average Bonchev–Trinajstić information content (AvgIpc) is 2.45. The van der Waals surface area contributed by atoms with Crippen LogP contribution in [0.3, 0.4) is 0 Å². The zero-order valence-corrected chi connectivity index (χ0v) is 11.9. The molecule has 0 aliphatic carbocycles. The van der Waals surface area contributed by atoms with Gasteiger partial charge in [0, 0.05) is 0 Å².